The number of furan rings is 1. The molecule has 3 nitrogen and oxygen atoms in total. The number of unbranched alkanes of at least 4 members (excludes halogenated alkanes) is 1. The highest BCUT2D eigenvalue weighted by molar-refractivity contribution is 5.20. The van der Waals surface area contributed by atoms with Crippen LogP contribution in [0.25, 0.3) is 0 Å². The minimum atomic E-state index is 0.116. The lowest BCUT2D eigenvalue weighted by atomic mass is 10.1. The fourth-order valence-corrected chi connectivity index (χ4v) is 1.70. The molecule has 0 aliphatic carbocycles. The van der Waals surface area contributed by atoms with Crippen LogP contribution in [0.15, 0.2) is 23.1 Å². The summed E-state index contributed by atoms with van der Waals surface area (Å²) in [6.45, 7) is 14.3. The molecule has 1 N–H and O–H groups in total. The van der Waals surface area contributed by atoms with Crippen molar-refractivity contribution in [3.63, 3.8) is 0 Å². The van der Waals surface area contributed by atoms with Gasteiger partial charge >= 0.3 is 0 Å². The molecule has 0 saturated carbocycles. The summed E-state index contributed by atoms with van der Waals surface area (Å²) in [5.41, 5.74) is 1.32. The Morgan fingerprint density at radius 2 is 2.16 bits per heavy atom. The van der Waals surface area contributed by atoms with Crippen LogP contribution in [0.5, 0.6) is 0 Å². The number of hydrogen-bond donors (Lipinski definition) is 1. The van der Waals surface area contributed by atoms with Gasteiger partial charge in [-0.15, -0.1) is 6.58 Å². The van der Waals surface area contributed by atoms with E-state index in [0.717, 1.165) is 37.5 Å². The molecule has 0 unspecified atom stereocenters. The molecule has 0 bridgehead atoms. The van der Waals surface area contributed by atoms with Gasteiger partial charge in [-0.25, -0.2) is 0 Å². The van der Waals surface area contributed by atoms with Crippen LogP contribution < -0.4 is 5.32 Å². The molecule has 108 valence electrons. The molecule has 0 aliphatic rings. The highest BCUT2D eigenvalue weighted by atomic mass is 16.5. The van der Waals surface area contributed by atoms with Gasteiger partial charge in [0.15, 0.2) is 0 Å². The summed E-state index contributed by atoms with van der Waals surface area (Å²) in [4.78, 5) is 0. The van der Waals surface area contributed by atoms with Gasteiger partial charge in [0, 0.05) is 24.3 Å². The first-order valence-electron chi connectivity index (χ1n) is 6.94. The summed E-state index contributed by atoms with van der Waals surface area (Å²) in [7, 11) is 0. The predicted octanol–water partition coefficient (Wildman–Crippen LogP) is 3.96. The molecule has 0 aromatic carbocycles. The molecule has 0 fully saturated rings. The second-order valence-corrected chi connectivity index (χ2v) is 5.88. The molecule has 3 heteroatoms. The van der Waals surface area contributed by atoms with Gasteiger partial charge in [-0.3, -0.25) is 0 Å². The predicted molar refractivity (Wildman–Crippen MR) is 79.1 cm³/mol. The topological polar surface area (TPSA) is 34.4 Å². The average molecular weight is 265 g/mol. The number of ether oxygens (including phenoxy) is 1. The molecule has 19 heavy (non-hydrogen) atoms. The lowest BCUT2D eigenvalue weighted by Gasteiger charge is -2.20. The Morgan fingerprint density at radius 1 is 1.42 bits per heavy atom. The second-order valence-electron chi connectivity index (χ2n) is 5.88. The van der Waals surface area contributed by atoms with Crippen molar-refractivity contribution < 1.29 is 9.15 Å². The van der Waals surface area contributed by atoms with E-state index in [-0.39, 0.29) is 5.54 Å². The van der Waals surface area contributed by atoms with Gasteiger partial charge in [-0.1, -0.05) is 6.08 Å². The Kier molecular flexibility index (Phi) is 6.32. The molecule has 0 amide bonds. The third-order valence-electron chi connectivity index (χ3n) is 2.82. The van der Waals surface area contributed by atoms with E-state index in [4.69, 9.17) is 9.15 Å². The van der Waals surface area contributed by atoms with E-state index in [0.29, 0.717) is 6.61 Å². The molecule has 1 heterocycles. The van der Waals surface area contributed by atoms with Crippen LogP contribution in [0.4, 0.5) is 0 Å². The normalized spacial score (nSPS) is 11.8. The van der Waals surface area contributed by atoms with Gasteiger partial charge in [0.05, 0.1) is 0 Å². The van der Waals surface area contributed by atoms with Crippen LogP contribution in [0, 0.1) is 6.92 Å². The van der Waals surface area contributed by atoms with E-state index in [9.17, 15) is 0 Å². The molecule has 0 atom stereocenters. The number of allylic oxidation sites excluding steroid dienone is 1. The molecule has 1 aromatic heterocycles. The molecule has 0 radical (unpaired) electrons. The summed E-state index contributed by atoms with van der Waals surface area (Å²) < 4.78 is 11.3. The molecule has 1 aromatic rings. The fraction of sp³-hybridized carbons (Fsp3) is 0.625. The highest BCUT2D eigenvalue weighted by Crippen LogP contribution is 2.16. The third-order valence-corrected chi connectivity index (χ3v) is 2.82. The molecular formula is C16H27NO2. The van der Waals surface area contributed by atoms with Gasteiger partial charge in [0.1, 0.15) is 18.1 Å². The largest absolute Gasteiger partial charge is 0.464 e. The van der Waals surface area contributed by atoms with Crippen molar-refractivity contribution in [3.05, 3.63) is 35.8 Å². The maximum Gasteiger partial charge on any atom is 0.130 e. The van der Waals surface area contributed by atoms with Crippen LogP contribution >= 0.6 is 0 Å². The van der Waals surface area contributed by atoms with E-state index in [1.807, 2.05) is 13.0 Å². The Morgan fingerprint density at radius 3 is 2.79 bits per heavy atom. The Bertz CT molecular complexity index is 388. The first-order valence-corrected chi connectivity index (χ1v) is 6.94. The monoisotopic (exact) mass is 265 g/mol. The maximum absolute atomic E-state index is 5.70. The highest BCUT2D eigenvalue weighted by Gasteiger charge is 2.12. The number of aryl methyl sites for hydroxylation is 1. The van der Waals surface area contributed by atoms with Gasteiger partial charge in [0.25, 0.3) is 0 Å². The third kappa shape index (κ3) is 6.60. The number of rotatable bonds is 8. The molecule has 0 spiro atoms. The van der Waals surface area contributed by atoms with Gasteiger partial charge in [-0.05, 0) is 46.6 Å². The summed E-state index contributed by atoms with van der Waals surface area (Å²) in [6.07, 6.45) is 3.93. The molecular weight excluding hydrogens is 238 g/mol. The minimum Gasteiger partial charge on any atom is -0.464 e. The van der Waals surface area contributed by atoms with Crippen molar-refractivity contribution in [2.45, 2.75) is 59.2 Å². The number of nitrogens with one attached hydrogen (secondary N) is 1. The van der Waals surface area contributed by atoms with Crippen molar-refractivity contribution in [2.75, 3.05) is 6.61 Å². The fourth-order valence-electron chi connectivity index (χ4n) is 1.70. The summed E-state index contributed by atoms with van der Waals surface area (Å²) >= 11 is 0. The number of hydrogen-bond acceptors (Lipinski definition) is 3. The van der Waals surface area contributed by atoms with E-state index < -0.39 is 0 Å². The average Bonchev–Trinajstić information content (AvgIpc) is 2.66. The van der Waals surface area contributed by atoms with Gasteiger partial charge < -0.3 is 14.5 Å². The van der Waals surface area contributed by atoms with E-state index in [2.05, 4.69) is 38.7 Å². The van der Waals surface area contributed by atoms with Crippen molar-refractivity contribution in [2.24, 2.45) is 0 Å². The summed E-state index contributed by atoms with van der Waals surface area (Å²) in [5.74, 6) is 1.88. The molecule has 1 rings (SSSR count). The summed E-state index contributed by atoms with van der Waals surface area (Å²) in [5, 5.41) is 3.46. The standard InChI is InChI=1S/C16H27NO2/c1-6-7-8-9-18-12-15-10-14(13(2)19-15)11-17-16(3,4)5/h6,10,17H,1,7-9,11-12H2,2-5H3. The van der Waals surface area contributed by atoms with Crippen molar-refractivity contribution in [3.8, 4) is 0 Å². The quantitative estimate of drug-likeness (QED) is 0.570. The van der Waals surface area contributed by atoms with E-state index in [1.165, 1.54) is 5.56 Å². The zero-order valence-corrected chi connectivity index (χ0v) is 12.7. The van der Waals surface area contributed by atoms with Crippen molar-refractivity contribution in [1.29, 1.82) is 0 Å². The van der Waals surface area contributed by atoms with Crippen LogP contribution in [0.3, 0.4) is 0 Å². The Balaban J connectivity index is 2.38. The first kappa shape index (κ1) is 16.0. The van der Waals surface area contributed by atoms with Crippen molar-refractivity contribution >= 4 is 0 Å². The van der Waals surface area contributed by atoms with Crippen LogP contribution in [0.2, 0.25) is 0 Å². The van der Waals surface area contributed by atoms with Gasteiger partial charge in [0.2, 0.25) is 0 Å². The van der Waals surface area contributed by atoms with E-state index in [1.54, 1.807) is 0 Å². The van der Waals surface area contributed by atoms with Crippen molar-refractivity contribution in [1.82, 2.24) is 5.32 Å². The van der Waals surface area contributed by atoms with E-state index >= 15 is 0 Å². The van der Waals surface area contributed by atoms with Gasteiger partial charge in [-0.2, -0.15) is 0 Å². The van der Waals surface area contributed by atoms with Crippen LogP contribution in [0.1, 0.15) is 50.7 Å². The lowest BCUT2D eigenvalue weighted by molar-refractivity contribution is 0.104. The first-order chi connectivity index (χ1) is 8.92. The molecule has 0 saturated heterocycles. The molecule has 0 aliphatic heterocycles. The minimum absolute atomic E-state index is 0.116. The van der Waals surface area contributed by atoms with Crippen LogP contribution in [-0.2, 0) is 17.9 Å². The smallest absolute Gasteiger partial charge is 0.130 e. The second kappa shape index (κ2) is 7.51. The van der Waals surface area contributed by atoms with Crippen LogP contribution in [-0.4, -0.2) is 12.1 Å². The maximum atomic E-state index is 5.70. The zero-order valence-electron chi connectivity index (χ0n) is 12.7. The SMILES string of the molecule is C=CCCCOCc1cc(CNC(C)(C)C)c(C)o1. The Labute approximate surface area is 117 Å². The lowest BCUT2D eigenvalue weighted by Crippen LogP contribution is -2.35. The summed E-state index contributed by atoms with van der Waals surface area (Å²) in [6, 6.07) is 2.08. The Hall–Kier alpha value is -1.06. The zero-order chi connectivity index (χ0) is 14.3.